The van der Waals surface area contributed by atoms with E-state index in [0.29, 0.717) is 6.61 Å². The Hall–Kier alpha value is -2.89. The summed E-state index contributed by atoms with van der Waals surface area (Å²) in [7, 11) is 0. The minimum atomic E-state index is -0.510. The Bertz CT molecular complexity index is 822. The van der Waals surface area contributed by atoms with Crippen LogP contribution in [0.25, 0.3) is 0 Å². The van der Waals surface area contributed by atoms with Crippen LogP contribution in [0.2, 0.25) is 0 Å². The zero-order valence-electron chi connectivity index (χ0n) is 20.5. The molecule has 1 aliphatic heterocycles. The van der Waals surface area contributed by atoms with Gasteiger partial charge in [-0.15, -0.1) is 0 Å². The Morgan fingerprint density at radius 2 is 1.59 bits per heavy atom. The number of nitrogens with one attached hydrogen (secondary N) is 1. The van der Waals surface area contributed by atoms with Gasteiger partial charge in [-0.25, -0.2) is 4.79 Å². The SMILES string of the molecule is CC.CCOc1ccc(N2CC(Oc3ccc(C(C)NC(=O)OC(C)(C)C)cc3)C2)cc1. The highest BCUT2D eigenvalue weighted by molar-refractivity contribution is 5.68. The molecule has 1 atom stereocenters. The van der Waals surface area contributed by atoms with Gasteiger partial charge in [0.15, 0.2) is 0 Å². The second-order valence-corrected chi connectivity index (χ2v) is 8.51. The average molecular weight is 443 g/mol. The Morgan fingerprint density at radius 3 is 2.12 bits per heavy atom. The van der Waals surface area contributed by atoms with Crippen LogP contribution in [0.1, 0.15) is 60.1 Å². The number of alkyl carbamates (subject to hydrolysis) is 1. The largest absolute Gasteiger partial charge is 0.494 e. The summed E-state index contributed by atoms with van der Waals surface area (Å²) in [5, 5.41) is 2.85. The molecule has 0 aliphatic carbocycles. The first-order valence-corrected chi connectivity index (χ1v) is 11.5. The van der Waals surface area contributed by atoms with Crippen molar-refractivity contribution in [2.24, 2.45) is 0 Å². The zero-order valence-corrected chi connectivity index (χ0v) is 20.5. The van der Waals surface area contributed by atoms with Crippen LogP contribution in [0.4, 0.5) is 10.5 Å². The molecular formula is C26H38N2O4. The smallest absolute Gasteiger partial charge is 0.408 e. The Labute approximate surface area is 192 Å². The average Bonchev–Trinajstić information content (AvgIpc) is 2.72. The van der Waals surface area contributed by atoms with Crippen molar-refractivity contribution in [3.05, 3.63) is 54.1 Å². The Balaban J connectivity index is 0.00000176. The molecule has 3 rings (SSSR count). The van der Waals surface area contributed by atoms with Crippen LogP contribution >= 0.6 is 0 Å². The number of nitrogens with zero attached hydrogens (tertiary/aromatic N) is 1. The summed E-state index contributed by atoms with van der Waals surface area (Å²) >= 11 is 0. The van der Waals surface area contributed by atoms with Crippen LogP contribution in [0.15, 0.2) is 48.5 Å². The predicted octanol–water partition coefficient (Wildman–Crippen LogP) is 5.96. The topological polar surface area (TPSA) is 60.0 Å². The van der Waals surface area contributed by atoms with E-state index in [1.165, 1.54) is 5.69 Å². The molecule has 0 saturated carbocycles. The monoisotopic (exact) mass is 442 g/mol. The molecule has 2 aromatic carbocycles. The second kappa shape index (κ2) is 11.7. The van der Waals surface area contributed by atoms with E-state index in [1.54, 1.807) is 0 Å². The van der Waals surface area contributed by atoms with E-state index in [4.69, 9.17) is 14.2 Å². The molecule has 2 aromatic rings. The van der Waals surface area contributed by atoms with Gasteiger partial charge in [-0.05, 0) is 76.6 Å². The van der Waals surface area contributed by atoms with Crippen LogP contribution in [-0.2, 0) is 4.74 Å². The third-order valence-electron chi connectivity index (χ3n) is 4.78. The molecule has 0 bridgehead atoms. The van der Waals surface area contributed by atoms with Crippen LogP contribution in [0, 0.1) is 0 Å². The number of hydrogen-bond acceptors (Lipinski definition) is 5. The Kier molecular flexibility index (Phi) is 9.24. The van der Waals surface area contributed by atoms with Gasteiger partial charge in [0.05, 0.1) is 25.7 Å². The molecule has 0 spiro atoms. The van der Waals surface area contributed by atoms with Crippen molar-refractivity contribution in [1.29, 1.82) is 0 Å². The third-order valence-corrected chi connectivity index (χ3v) is 4.78. The molecule has 1 aliphatic rings. The van der Waals surface area contributed by atoms with E-state index < -0.39 is 11.7 Å². The van der Waals surface area contributed by atoms with E-state index in [0.717, 1.165) is 30.2 Å². The minimum Gasteiger partial charge on any atom is -0.494 e. The predicted molar refractivity (Wildman–Crippen MR) is 130 cm³/mol. The second-order valence-electron chi connectivity index (χ2n) is 8.51. The first-order chi connectivity index (χ1) is 15.2. The standard InChI is InChI=1S/C24H32N2O4.C2H6/c1-6-28-20-13-9-19(10-14-20)26-15-22(16-26)29-21-11-7-18(8-12-21)17(2)25-23(27)30-24(3,4)5;1-2/h7-14,17,22H,6,15-16H2,1-5H3,(H,25,27);1-2H3. The number of ether oxygens (including phenoxy) is 3. The van der Waals surface area contributed by atoms with Crippen LogP contribution < -0.4 is 19.7 Å². The minimum absolute atomic E-state index is 0.146. The van der Waals surface area contributed by atoms with E-state index in [9.17, 15) is 4.79 Å². The lowest BCUT2D eigenvalue weighted by molar-refractivity contribution is 0.0508. The Morgan fingerprint density at radius 1 is 1.03 bits per heavy atom. The maximum absolute atomic E-state index is 11.9. The molecule has 0 radical (unpaired) electrons. The molecule has 1 N–H and O–H groups in total. The summed E-state index contributed by atoms with van der Waals surface area (Å²) in [5.41, 5.74) is 1.66. The molecule has 1 unspecified atom stereocenters. The number of carbonyl (C=O) groups is 1. The highest BCUT2D eigenvalue weighted by atomic mass is 16.6. The van der Waals surface area contributed by atoms with Crippen molar-refractivity contribution in [3.63, 3.8) is 0 Å². The molecule has 1 fully saturated rings. The summed E-state index contributed by atoms with van der Waals surface area (Å²) in [4.78, 5) is 14.2. The van der Waals surface area contributed by atoms with Gasteiger partial charge in [0.25, 0.3) is 0 Å². The third kappa shape index (κ3) is 7.66. The van der Waals surface area contributed by atoms with Crippen LogP contribution in [0.5, 0.6) is 11.5 Å². The van der Waals surface area contributed by atoms with E-state index in [2.05, 4.69) is 22.3 Å². The lowest BCUT2D eigenvalue weighted by Crippen LogP contribution is -2.54. The summed E-state index contributed by atoms with van der Waals surface area (Å²) in [5.74, 6) is 1.73. The number of carbonyl (C=O) groups excluding carboxylic acids is 1. The molecule has 0 aromatic heterocycles. The van der Waals surface area contributed by atoms with Crippen LogP contribution in [0.3, 0.4) is 0 Å². The van der Waals surface area contributed by atoms with Gasteiger partial charge in [0, 0.05) is 5.69 Å². The van der Waals surface area contributed by atoms with Gasteiger partial charge in [-0.1, -0.05) is 26.0 Å². The molecule has 32 heavy (non-hydrogen) atoms. The van der Waals surface area contributed by atoms with E-state index >= 15 is 0 Å². The maximum atomic E-state index is 11.9. The summed E-state index contributed by atoms with van der Waals surface area (Å²) in [6.45, 7) is 15.8. The first kappa shape index (κ1) is 25.4. The summed E-state index contributed by atoms with van der Waals surface area (Å²) in [6.07, 6.45) is -0.251. The fourth-order valence-electron chi connectivity index (χ4n) is 3.24. The number of benzene rings is 2. The van der Waals surface area contributed by atoms with Crippen molar-refractivity contribution in [1.82, 2.24) is 5.32 Å². The number of anilines is 1. The van der Waals surface area contributed by atoms with Gasteiger partial charge in [-0.3, -0.25) is 0 Å². The molecule has 1 saturated heterocycles. The fourth-order valence-corrected chi connectivity index (χ4v) is 3.24. The summed E-state index contributed by atoms with van der Waals surface area (Å²) in [6, 6.07) is 15.8. The van der Waals surface area contributed by atoms with Crippen molar-refractivity contribution in [3.8, 4) is 11.5 Å². The molecule has 6 nitrogen and oxygen atoms in total. The van der Waals surface area contributed by atoms with E-state index in [1.807, 2.05) is 84.9 Å². The highest BCUT2D eigenvalue weighted by Crippen LogP contribution is 2.27. The maximum Gasteiger partial charge on any atom is 0.408 e. The molecule has 1 heterocycles. The zero-order chi connectivity index (χ0) is 23.7. The van der Waals surface area contributed by atoms with Gasteiger partial charge in [0.2, 0.25) is 0 Å². The van der Waals surface area contributed by atoms with E-state index in [-0.39, 0.29) is 12.1 Å². The van der Waals surface area contributed by atoms with Crippen molar-refractivity contribution in [2.45, 2.75) is 66.2 Å². The van der Waals surface area contributed by atoms with Gasteiger partial charge in [-0.2, -0.15) is 0 Å². The molecule has 176 valence electrons. The van der Waals surface area contributed by atoms with Gasteiger partial charge >= 0.3 is 6.09 Å². The molecule has 1 amide bonds. The number of hydrogen-bond donors (Lipinski definition) is 1. The lowest BCUT2D eigenvalue weighted by Gasteiger charge is -2.40. The lowest BCUT2D eigenvalue weighted by atomic mass is 10.1. The fraction of sp³-hybridized carbons (Fsp3) is 0.500. The van der Waals surface area contributed by atoms with Gasteiger partial charge in [0.1, 0.15) is 23.2 Å². The summed E-state index contributed by atoms with van der Waals surface area (Å²) < 4.78 is 16.9. The number of rotatable bonds is 7. The number of amides is 1. The normalized spacial score (nSPS) is 14.4. The highest BCUT2D eigenvalue weighted by Gasteiger charge is 2.28. The van der Waals surface area contributed by atoms with Crippen LogP contribution in [-0.4, -0.2) is 37.5 Å². The van der Waals surface area contributed by atoms with Crippen molar-refractivity contribution >= 4 is 11.8 Å². The quantitative estimate of drug-likeness (QED) is 0.573. The van der Waals surface area contributed by atoms with Crippen molar-refractivity contribution < 1.29 is 19.0 Å². The first-order valence-electron chi connectivity index (χ1n) is 11.5. The molecule has 6 heteroatoms. The van der Waals surface area contributed by atoms with Crippen molar-refractivity contribution in [2.75, 3.05) is 24.6 Å². The van der Waals surface area contributed by atoms with Gasteiger partial charge < -0.3 is 24.4 Å². The molecular weight excluding hydrogens is 404 g/mol.